The average molecular weight is 370 g/mol. The van der Waals surface area contributed by atoms with Crippen LogP contribution in [0.1, 0.15) is 10.4 Å². The minimum absolute atomic E-state index is 0.139. The van der Waals surface area contributed by atoms with Crippen LogP contribution in [0.15, 0.2) is 66.0 Å². The smallest absolute Gasteiger partial charge is 0.255 e. The van der Waals surface area contributed by atoms with Gasteiger partial charge in [0, 0.05) is 30.9 Å². The molecule has 0 atom stereocenters. The maximum Gasteiger partial charge on any atom is 0.255 e. The number of imidazole rings is 1. The zero-order valence-corrected chi connectivity index (χ0v) is 15.1. The first kappa shape index (κ1) is 17.8. The molecule has 0 radical (unpaired) electrons. The van der Waals surface area contributed by atoms with E-state index in [4.69, 9.17) is 0 Å². The fraction of sp³-hybridized carbons (Fsp3) is 0.111. The first-order valence-corrected chi connectivity index (χ1v) is 9.25. The van der Waals surface area contributed by atoms with Gasteiger partial charge in [0.1, 0.15) is 0 Å². The molecule has 134 valence electrons. The molecule has 0 fully saturated rings. The second-order valence-electron chi connectivity index (χ2n) is 5.81. The molecule has 0 saturated heterocycles. The predicted octanol–water partition coefficient (Wildman–Crippen LogP) is 2.58. The SMILES string of the molecule is CN(C)S(=O)(=O)c1ccc(C(=O)Nc2cccc(-c3cnc[nH]3)c2)cc1. The van der Waals surface area contributed by atoms with Crippen molar-refractivity contribution in [1.82, 2.24) is 14.3 Å². The molecule has 1 heterocycles. The highest BCUT2D eigenvalue weighted by Crippen LogP contribution is 2.21. The van der Waals surface area contributed by atoms with E-state index in [1.807, 2.05) is 18.2 Å². The summed E-state index contributed by atoms with van der Waals surface area (Å²) >= 11 is 0. The van der Waals surface area contributed by atoms with Gasteiger partial charge in [-0.05, 0) is 36.4 Å². The molecule has 1 amide bonds. The second-order valence-corrected chi connectivity index (χ2v) is 7.96. The number of anilines is 1. The monoisotopic (exact) mass is 370 g/mol. The lowest BCUT2D eigenvalue weighted by Gasteiger charge is -2.12. The lowest BCUT2D eigenvalue weighted by atomic mass is 10.1. The number of sulfonamides is 1. The van der Waals surface area contributed by atoms with Gasteiger partial charge in [-0.1, -0.05) is 12.1 Å². The van der Waals surface area contributed by atoms with Crippen molar-refractivity contribution in [3.8, 4) is 11.3 Å². The van der Waals surface area contributed by atoms with Crippen LogP contribution in [0.25, 0.3) is 11.3 Å². The van der Waals surface area contributed by atoms with Crippen molar-refractivity contribution in [2.75, 3.05) is 19.4 Å². The summed E-state index contributed by atoms with van der Waals surface area (Å²) in [6.07, 6.45) is 3.29. The molecule has 26 heavy (non-hydrogen) atoms. The first-order valence-electron chi connectivity index (χ1n) is 7.81. The van der Waals surface area contributed by atoms with Gasteiger partial charge in [0.05, 0.1) is 23.1 Å². The summed E-state index contributed by atoms with van der Waals surface area (Å²) in [5.41, 5.74) is 2.74. The number of amides is 1. The second kappa shape index (κ2) is 7.11. The molecule has 0 saturated carbocycles. The molecule has 1 aromatic heterocycles. The largest absolute Gasteiger partial charge is 0.345 e. The highest BCUT2D eigenvalue weighted by molar-refractivity contribution is 7.89. The molecule has 0 aliphatic heterocycles. The summed E-state index contributed by atoms with van der Waals surface area (Å²) in [4.78, 5) is 19.5. The van der Waals surface area contributed by atoms with Gasteiger partial charge >= 0.3 is 0 Å². The lowest BCUT2D eigenvalue weighted by Crippen LogP contribution is -2.22. The normalized spacial score (nSPS) is 11.5. The summed E-state index contributed by atoms with van der Waals surface area (Å²) < 4.78 is 25.3. The molecule has 0 bridgehead atoms. The van der Waals surface area contributed by atoms with Crippen LogP contribution in [0, 0.1) is 0 Å². The van der Waals surface area contributed by atoms with Crippen LogP contribution in [0.2, 0.25) is 0 Å². The van der Waals surface area contributed by atoms with Crippen LogP contribution in [0.5, 0.6) is 0 Å². The van der Waals surface area contributed by atoms with Gasteiger partial charge < -0.3 is 10.3 Å². The minimum Gasteiger partial charge on any atom is -0.345 e. The van der Waals surface area contributed by atoms with Crippen LogP contribution in [-0.4, -0.2) is 42.7 Å². The summed E-state index contributed by atoms with van der Waals surface area (Å²) in [7, 11) is -0.595. The van der Waals surface area contributed by atoms with Gasteiger partial charge in [-0.2, -0.15) is 0 Å². The van der Waals surface area contributed by atoms with Crippen molar-refractivity contribution in [1.29, 1.82) is 0 Å². The third kappa shape index (κ3) is 3.66. The quantitative estimate of drug-likeness (QED) is 0.722. The number of rotatable bonds is 5. The number of nitrogens with zero attached hydrogens (tertiary/aromatic N) is 2. The fourth-order valence-electron chi connectivity index (χ4n) is 2.37. The Balaban J connectivity index is 1.78. The van der Waals surface area contributed by atoms with Gasteiger partial charge in [-0.3, -0.25) is 4.79 Å². The molecule has 2 N–H and O–H groups in total. The number of aromatic nitrogens is 2. The standard InChI is InChI=1S/C18H18N4O3S/c1-22(2)26(24,25)16-8-6-13(7-9-16)18(23)21-15-5-3-4-14(10-15)17-11-19-12-20-17/h3-12H,1-2H3,(H,19,20)(H,21,23). The number of hydrogen-bond acceptors (Lipinski definition) is 4. The van der Waals surface area contributed by atoms with E-state index in [2.05, 4.69) is 15.3 Å². The van der Waals surface area contributed by atoms with E-state index < -0.39 is 10.0 Å². The maximum absolute atomic E-state index is 12.4. The van der Waals surface area contributed by atoms with E-state index in [0.29, 0.717) is 11.3 Å². The van der Waals surface area contributed by atoms with Crippen molar-refractivity contribution in [2.45, 2.75) is 4.90 Å². The Morgan fingerprint density at radius 1 is 1.12 bits per heavy atom. The van der Waals surface area contributed by atoms with E-state index >= 15 is 0 Å². The van der Waals surface area contributed by atoms with Crippen LogP contribution in [-0.2, 0) is 10.0 Å². The summed E-state index contributed by atoms with van der Waals surface area (Å²) in [6, 6.07) is 13.2. The lowest BCUT2D eigenvalue weighted by molar-refractivity contribution is 0.102. The third-order valence-corrected chi connectivity index (χ3v) is 5.65. The van der Waals surface area contributed by atoms with E-state index in [-0.39, 0.29) is 10.8 Å². The maximum atomic E-state index is 12.4. The number of hydrogen-bond donors (Lipinski definition) is 2. The number of nitrogens with one attached hydrogen (secondary N) is 2. The predicted molar refractivity (Wildman–Crippen MR) is 99.3 cm³/mol. The first-order chi connectivity index (χ1) is 12.4. The minimum atomic E-state index is -3.52. The molecule has 8 heteroatoms. The zero-order chi connectivity index (χ0) is 18.7. The molecule has 0 aliphatic rings. The highest BCUT2D eigenvalue weighted by Gasteiger charge is 2.17. The number of benzene rings is 2. The topological polar surface area (TPSA) is 95.2 Å². The van der Waals surface area contributed by atoms with E-state index in [9.17, 15) is 13.2 Å². The molecule has 0 spiro atoms. The van der Waals surface area contributed by atoms with E-state index in [0.717, 1.165) is 15.6 Å². The molecule has 0 unspecified atom stereocenters. The number of carbonyl (C=O) groups is 1. The van der Waals surface area contributed by atoms with Gasteiger partial charge in [0.25, 0.3) is 5.91 Å². The van der Waals surface area contributed by atoms with Gasteiger partial charge in [-0.25, -0.2) is 17.7 Å². The third-order valence-electron chi connectivity index (χ3n) is 3.82. The van der Waals surface area contributed by atoms with Crippen LogP contribution >= 0.6 is 0 Å². The molecular formula is C18H18N4O3S. The zero-order valence-electron chi connectivity index (χ0n) is 14.3. The van der Waals surface area contributed by atoms with Crippen molar-refractivity contribution in [3.63, 3.8) is 0 Å². The molecule has 2 aromatic carbocycles. The summed E-state index contributed by atoms with van der Waals surface area (Å²) in [6.45, 7) is 0. The highest BCUT2D eigenvalue weighted by atomic mass is 32.2. The Hall–Kier alpha value is -2.97. The summed E-state index contributed by atoms with van der Waals surface area (Å²) in [5.74, 6) is -0.319. The molecule has 7 nitrogen and oxygen atoms in total. The van der Waals surface area contributed by atoms with Gasteiger partial charge in [0.15, 0.2) is 0 Å². The number of carbonyl (C=O) groups excluding carboxylic acids is 1. The van der Waals surface area contributed by atoms with Crippen molar-refractivity contribution >= 4 is 21.6 Å². The Bertz CT molecular complexity index is 1010. The van der Waals surface area contributed by atoms with Crippen LogP contribution in [0.4, 0.5) is 5.69 Å². The number of aromatic amines is 1. The van der Waals surface area contributed by atoms with Gasteiger partial charge in [0.2, 0.25) is 10.0 Å². The van der Waals surface area contributed by atoms with Crippen molar-refractivity contribution in [2.24, 2.45) is 0 Å². The Labute approximate surface area is 151 Å². The Morgan fingerprint density at radius 2 is 1.85 bits per heavy atom. The summed E-state index contributed by atoms with van der Waals surface area (Å²) in [5, 5.41) is 2.81. The Kier molecular flexibility index (Phi) is 4.88. The molecule has 0 aliphatic carbocycles. The van der Waals surface area contributed by atoms with Gasteiger partial charge in [-0.15, -0.1) is 0 Å². The van der Waals surface area contributed by atoms with Crippen molar-refractivity contribution < 1.29 is 13.2 Å². The van der Waals surface area contributed by atoms with Crippen LogP contribution in [0.3, 0.4) is 0 Å². The Morgan fingerprint density at radius 3 is 2.46 bits per heavy atom. The van der Waals surface area contributed by atoms with E-state index in [1.54, 1.807) is 18.6 Å². The average Bonchev–Trinajstić information content (AvgIpc) is 3.16. The van der Waals surface area contributed by atoms with E-state index in [1.165, 1.54) is 38.4 Å². The molecular weight excluding hydrogens is 352 g/mol. The van der Waals surface area contributed by atoms with Crippen molar-refractivity contribution in [3.05, 3.63) is 66.6 Å². The van der Waals surface area contributed by atoms with Crippen LogP contribution < -0.4 is 5.32 Å². The number of H-pyrrole nitrogens is 1. The molecule has 3 rings (SSSR count). The fourth-order valence-corrected chi connectivity index (χ4v) is 3.27. The molecule has 3 aromatic rings.